The maximum absolute atomic E-state index is 15.6. The maximum atomic E-state index is 15.6. The molecule has 2 aliphatic rings. The highest BCUT2D eigenvalue weighted by atomic mass is 35.5. The van der Waals surface area contributed by atoms with Gasteiger partial charge in [-0.05, 0) is 59.1 Å². The number of halogens is 2. The van der Waals surface area contributed by atoms with Crippen LogP contribution >= 0.6 is 11.6 Å². The van der Waals surface area contributed by atoms with Crippen molar-refractivity contribution in [2.45, 2.75) is 83.0 Å². The van der Waals surface area contributed by atoms with Crippen LogP contribution in [-0.4, -0.2) is 49.1 Å². The van der Waals surface area contributed by atoms with E-state index in [-0.39, 0.29) is 46.2 Å². The van der Waals surface area contributed by atoms with Crippen LogP contribution in [0.3, 0.4) is 0 Å². The smallest absolute Gasteiger partial charge is 0.223 e. The first-order chi connectivity index (χ1) is 17.0. The molecule has 0 unspecified atom stereocenters. The lowest BCUT2D eigenvalue weighted by Gasteiger charge is -2.33. The third-order valence-corrected chi connectivity index (χ3v) is 7.32. The van der Waals surface area contributed by atoms with E-state index in [1.54, 1.807) is 24.5 Å². The Morgan fingerprint density at radius 1 is 1.33 bits per heavy atom. The summed E-state index contributed by atoms with van der Waals surface area (Å²) in [6.45, 7) is 6.98. The number of fused-ring (bicyclic) bond motifs is 3. The number of nitrogens with one attached hydrogen (secondary N) is 1. The van der Waals surface area contributed by atoms with Crippen LogP contribution in [0.1, 0.15) is 64.3 Å². The minimum absolute atomic E-state index is 0.0993. The largest absolute Gasteiger partial charge is 0.388 e. The summed E-state index contributed by atoms with van der Waals surface area (Å²) in [4.78, 5) is 8.84. The topological polar surface area (TPSA) is 116 Å². The fourth-order valence-corrected chi connectivity index (χ4v) is 5.76. The predicted molar refractivity (Wildman–Crippen MR) is 134 cm³/mol. The van der Waals surface area contributed by atoms with Crippen molar-refractivity contribution in [2.75, 3.05) is 5.32 Å². The van der Waals surface area contributed by atoms with Crippen LogP contribution in [0.15, 0.2) is 18.3 Å². The highest BCUT2D eigenvalue weighted by Gasteiger charge is 2.42. The van der Waals surface area contributed by atoms with Crippen molar-refractivity contribution in [3.8, 4) is 17.3 Å². The average Bonchev–Trinajstić information content (AvgIpc) is 3.38. The Bertz CT molecular complexity index is 1380. The van der Waals surface area contributed by atoms with Crippen molar-refractivity contribution in [1.82, 2.24) is 14.5 Å². The first kappa shape index (κ1) is 24.9. The van der Waals surface area contributed by atoms with Crippen LogP contribution in [0, 0.1) is 17.1 Å². The van der Waals surface area contributed by atoms with Gasteiger partial charge in [-0.15, -0.1) is 0 Å². The summed E-state index contributed by atoms with van der Waals surface area (Å²) in [5.74, 6) is -0.334. The number of rotatable bonds is 5. The van der Waals surface area contributed by atoms with E-state index in [1.165, 1.54) is 12.3 Å². The lowest BCUT2D eigenvalue weighted by molar-refractivity contribution is -0.0811. The molecule has 0 saturated carbocycles. The van der Waals surface area contributed by atoms with Gasteiger partial charge < -0.3 is 24.8 Å². The lowest BCUT2D eigenvalue weighted by atomic mass is 9.99. The molecule has 2 bridgehead atoms. The quantitative estimate of drug-likeness (QED) is 0.454. The Hall–Kier alpha value is -2.77. The molecule has 5 rings (SSSR count). The molecule has 2 fully saturated rings. The maximum Gasteiger partial charge on any atom is 0.223 e. The molecular formula is C26H29ClFN5O3. The number of nitrogens with zero attached hydrogens (tertiary/aromatic N) is 4. The van der Waals surface area contributed by atoms with Crippen molar-refractivity contribution in [3.63, 3.8) is 0 Å². The molecule has 3 aromatic rings. The zero-order chi connectivity index (χ0) is 25.9. The summed E-state index contributed by atoms with van der Waals surface area (Å²) in [7, 11) is 0. The summed E-state index contributed by atoms with van der Waals surface area (Å²) in [6, 6.07) is 4.69. The number of aliphatic hydroxyl groups is 2. The fraction of sp³-hybridized carbons (Fsp3) is 0.500. The van der Waals surface area contributed by atoms with Gasteiger partial charge >= 0.3 is 0 Å². The molecule has 0 aliphatic carbocycles. The van der Waals surface area contributed by atoms with E-state index in [4.69, 9.17) is 16.3 Å². The van der Waals surface area contributed by atoms with Crippen molar-refractivity contribution in [2.24, 2.45) is 0 Å². The Kier molecular flexibility index (Phi) is 6.20. The van der Waals surface area contributed by atoms with Crippen LogP contribution in [0.25, 0.3) is 22.2 Å². The molecule has 2 saturated heterocycles. The number of anilines is 1. The molecule has 0 spiro atoms. The number of ether oxygens (including phenoxy) is 1. The minimum atomic E-state index is -1.37. The molecule has 36 heavy (non-hydrogen) atoms. The molecule has 2 aromatic heterocycles. The molecule has 4 atom stereocenters. The standard InChI is InChI=1S/C26H29ClFN5O3/c1-12(2)33-19-8-13(7-17(28)21(19)15(10-29)24(33)26(3,4)35)22-16(27)11-30-25(32-22)31-18-9-14-5-6-20(36-14)23(18)34/h7-8,11-12,14,18,20,23,34-35H,5-6,9H2,1-4H3,(H,30,31,32)/t14-,18-,20+,23+/m1/s1. The van der Waals surface area contributed by atoms with E-state index in [2.05, 4.69) is 21.4 Å². The van der Waals surface area contributed by atoms with Crippen LogP contribution in [0.5, 0.6) is 0 Å². The van der Waals surface area contributed by atoms with Gasteiger partial charge in [0.15, 0.2) is 0 Å². The molecule has 8 nitrogen and oxygen atoms in total. The van der Waals surface area contributed by atoms with Crippen molar-refractivity contribution in [3.05, 3.63) is 40.4 Å². The molecule has 0 radical (unpaired) electrons. The van der Waals surface area contributed by atoms with Crippen molar-refractivity contribution < 1.29 is 19.3 Å². The summed E-state index contributed by atoms with van der Waals surface area (Å²) in [6.07, 6.45) is 3.04. The van der Waals surface area contributed by atoms with Crippen LogP contribution in [-0.2, 0) is 10.3 Å². The summed E-state index contributed by atoms with van der Waals surface area (Å²) in [5, 5.41) is 34.9. The highest BCUT2D eigenvalue weighted by Crippen LogP contribution is 2.40. The van der Waals surface area contributed by atoms with Gasteiger partial charge in [-0.2, -0.15) is 5.26 Å². The second-order valence-corrected chi connectivity index (χ2v) is 10.9. The first-order valence-corrected chi connectivity index (χ1v) is 12.5. The fourth-order valence-electron chi connectivity index (χ4n) is 5.56. The van der Waals surface area contributed by atoms with Gasteiger partial charge in [0.05, 0.1) is 57.3 Å². The van der Waals surface area contributed by atoms with Gasteiger partial charge in [0, 0.05) is 11.6 Å². The number of aromatic nitrogens is 3. The third-order valence-electron chi connectivity index (χ3n) is 7.05. The number of benzene rings is 1. The van der Waals surface area contributed by atoms with Gasteiger partial charge in [0.2, 0.25) is 5.95 Å². The summed E-state index contributed by atoms with van der Waals surface area (Å²) < 4.78 is 23.1. The zero-order valence-electron chi connectivity index (χ0n) is 20.6. The normalized spacial score (nSPS) is 23.9. The van der Waals surface area contributed by atoms with Crippen molar-refractivity contribution in [1.29, 1.82) is 5.26 Å². The minimum Gasteiger partial charge on any atom is -0.388 e. The number of hydrogen-bond acceptors (Lipinski definition) is 7. The predicted octanol–water partition coefficient (Wildman–Crippen LogP) is 4.66. The Balaban J connectivity index is 1.61. The van der Waals surface area contributed by atoms with Gasteiger partial charge in [-0.25, -0.2) is 14.4 Å². The van der Waals surface area contributed by atoms with Crippen LogP contribution in [0.2, 0.25) is 5.02 Å². The Morgan fingerprint density at radius 2 is 2.08 bits per heavy atom. The molecule has 10 heteroatoms. The molecule has 4 heterocycles. The molecule has 190 valence electrons. The van der Waals surface area contributed by atoms with E-state index < -0.39 is 17.5 Å². The third kappa shape index (κ3) is 4.12. The van der Waals surface area contributed by atoms with Gasteiger partial charge in [0.1, 0.15) is 23.6 Å². The van der Waals surface area contributed by atoms with Gasteiger partial charge in [-0.3, -0.25) is 0 Å². The molecule has 2 aliphatic heterocycles. The van der Waals surface area contributed by atoms with E-state index in [9.17, 15) is 15.5 Å². The second-order valence-electron chi connectivity index (χ2n) is 10.5. The van der Waals surface area contributed by atoms with Gasteiger partial charge in [-0.1, -0.05) is 11.6 Å². The number of nitriles is 1. The van der Waals surface area contributed by atoms with E-state index in [1.807, 2.05) is 13.8 Å². The van der Waals surface area contributed by atoms with E-state index in [0.717, 1.165) is 12.8 Å². The lowest BCUT2D eigenvalue weighted by Crippen LogP contribution is -2.47. The van der Waals surface area contributed by atoms with E-state index >= 15 is 4.39 Å². The molecular weight excluding hydrogens is 485 g/mol. The van der Waals surface area contributed by atoms with E-state index in [0.29, 0.717) is 28.9 Å². The zero-order valence-corrected chi connectivity index (χ0v) is 21.3. The molecule has 3 N–H and O–H groups in total. The number of aliphatic hydroxyl groups excluding tert-OH is 1. The SMILES string of the molecule is CC(C)n1c(C(C)(C)O)c(C#N)c2c(F)cc(-c3nc(N[C@@H]4C[C@H]5CC[C@H](O5)[C@H]4O)ncc3Cl)cc21. The van der Waals surface area contributed by atoms with Crippen LogP contribution < -0.4 is 5.32 Å². The first-order valence-electron chi connectivity index (χ1n) is 12.1. The second kappa shape index (κ2) is 8.96. The summed E-state index contributed by atoms with van der Waals surface area (Å²) >= 11 is 6.46. The monoisotopic (exact) mass is 513 g/mol. The molecule has 1 aromatic carbocycles. The summed E-state index contributed by atoms with van der Waals surface area (Å²) in [5.41, 5.74) is 0.289. The van der Waals surface area contributed by atoms with Crippen molar-refractivity contribution >= 4 is 28.5 Å². The van der Waals surface area contributed by atoms with Crippen LogP contribution in [0.4, 0.5) is 10.3 Å². The number of hydrogen-bond donors (Lipinski definition) is 3. The Morgan fingerprint density at radius 3 is 2.75 bits per heavy atom. The highest BCUT2D eigenvalue weighted by molar-refractivity contribution is 6.33. The average molecular weight is 514 g/mol. The van der Waals surface area contributed by atoms with Gasteiger partial charge in [0.25, 0.3) is 0 Å². The molecule has 0 amide bonds. The Labute approximate surface area is 213 Å².